The summed E-state index contributed by atoms with van der Waals surface area (Å²) in [5.74, 6) is 0.601. The Morgan fingerprint density at radius 1 is 1.55 bits per heavy atom. The Hall–Kier alpha value is -0.0800. The SMILES string of the molecule is CCC1C=CC=C(SS)C=C1. The van der Waals surface area contributed by atoms with Crippen molar-refractivity contribution in [2.75, 3.05) is 0 Å². The van der Waals surface area contributed by atoms with E-state index < -0.39 is 0 Å². The van der Waals surface area contributed by atoms with Gasteiger partial charge in [-0.1, -0.05) is 42.0 Å². The van der Waals surface area contributed by atoms with Gasteiger partial charge in [-0.25, -0.2) is 0 Å². The molecule has 0 radical (unpaired) electrons. The fraction of sp³-hybridized carbons (Fsp3) is 0.333. The van der Waals surface area contributed by atoms with Crippen LogP contribution in [-0.4, -0.2) is 0 Å². The molecule has 0 heterocycles. The minimum absolute atomic E-state index is 0.601. The number of thiol groups is 1. The molecule has 1 aliphatic carbocycles. The smallest absolute Gasteiger partial charge is 0.0177 e. The van der Waals surface area contributed by atoms with Gasteiger partial charge in [-0.2, -0.15) is 0 Å². The highest BCUT2D eigenvalue weighted by Gasteiger charge is 1.98. The fourth-order valence-electron chi connectivity index (χ4n) is 0.964. The van der Waals surface area contributed by atoms with Crippen LogP contribution in [0.4, 0.5) is 0 Å². The van der Waals surface area contributed by atoms with Crippen LogP contribution in [0.5, 0.6) is 0 Å². The van der Waals surface area contributed by atoms with Crippen LogP contribution in [0, 0.1) is 5.92 Å². The van der Waals surface area contributed by atoms with Gasteiger partial charge in [-0.05, 0) is 18.4 Å². The molecular weight excluding hydrogens is 172 g/mol. The Bertz CT molecular complexity index is 202. The van der Waals surface area contributed by atoms with Crippen LogP contribution < -0.4 is 0 Å². The number of rotatable bonds is 2. The van der Waals surface area contributed by atoms with E-state index in [1.807, 2.05) is 0 Å². The maximum Gasteiger partial charge on any atom is 0.0177 e. The molecule has 2 heteroatoms. The van der Waals surface area contributed by atoms with Crippen LogP contribution in [0.3, 0.4) is 0 Å². The van der Waals surface area contributed by atoms with Crippen molar-refractivity contribution in [3.05, 3.63) is 35.3 Å². The lowest BCUT2D eigenvalue weighted by molar-refractivity contribution is 0.775. The van der Waals surface area contributed by atoms with Crippen molar-refractivity contribution in [1.82, 2.24) is 0 Å². The van der Waals surface area contributed by atoms with Crippen LogP contribution in [-0.2, 0) is 0 Å². The average molecular weight is 184 g/mol. The van der Waals surface area contributed by atoms with Crippen molar-refractivity contribution < 1.29 is 0 Å². The Morgan fingerprint density at radius 2 is 2.36 bits per heavy atom. The Labute approximate surface area is 77.3 Å². The first-order valence-electron chi connectivity index (χ1n) is 3.75. The lowest BCUT2D eigenvalue weighted by atomic mass is 10.1. The first-order valence-corrected chi connectivity index (χ1v) is 5.61. The molecule has 0 aliphatic heterocycles. The first-order chi connectivity index (χ1) is 5.36. The van der Waals surface area contributed by atoms with Gasteiger partial charge in [0.05, 0.1) is 0 Å². The molecule has 60 valence electrons. The highest BCUT2D eigenvalue weighted by atomic mass is 33.1. The largest absolute Gasteiger partial charge is 0.106 e. The van der Waals surface area contributed by atoms with Gasteiger partial charge in [0, 0.05) is 4.91 Å². The van der Waals surface area contributed by atoms with Crippen LogP contribution in [0.1, 0.15) is 13.3 Å². The number of allylic oxidation sites excluding steroid dienone is 5. The molecule has 1 aliphatic rings. The monoisotopic (exact) mass is 184 g/mol. The third-order valence-electron chi connectivity index (χ3n) is 1.70. The van der Waals surface area contributed by atoms with Gasteiger partial charge in [0.15, 0.2) is 0 Å². The summed E-state index contributed by atoms with van der Waals surface area (Å²) >= 11 is 4.13. The molecule has 0 aromatic carbocycles. The van der Waals surface area contributed by atoms with E-state index in [2.05, 4.69) is 49.0 Å². The van der Waals surface area contributed by atoms with Gasteiger partial charge in [-0.15, -0.1) is 11.7 Å². The van der Waals surface area contributed by atoms with Gasteiger partial charge in [0.1, 0.15) is 0 Å². The maximum absolute atomic E-state index is 4.13. The molecule has 0 fully saturated rings. The standard InChI is InChI=1S/C9H12S2/c1-2-8-4-3-5-9(11-10)7-6-8/h3-8,10H,2H2,1H3. The fourth-order valence-corrected chi connectivity index (χ4v) is 1.61. The highest BCUT2D eigenvalue weighted by Crippen LogP contribution is 2.24. The zero-order valence-corrected chi connectivity index (χ0v) is 8.24. The van der Waals surface area contributed by atoms with E-state index >= 15 is 0 Å². The molecule has 0 bridgehead atoms. The summed E-state index contributed by atoms with van der Waals surface area (Å²) in [5.41, 5.74) is 0. The van der Waals surface area contributed by atoms with Crippen molar-refractivity contribution >= 4 is 22.5 Å². The molecule has 1 atom stereocenters. The van der Waals surface area contributed by atoms with E-state index in [0.29, 0.717) is 5.92 Å². The van der Waals surface area contributed by atoms with Crippen LogP contribution in [0.2, 0.25) is 0 Å². The van der Waals surface area contributed by atoms with Crippen molar-refractivity contribution in [2.45, 2.75) is 13.3 Å². The summed E-state index contributed by atoms with van der Waals surface area (Å²) in [7, 11) is 1.49. The van der Waals surface area contributed by atoms with Crippen LogP contribution in [0.25, 0.3) is 0 Å². The number of hydrogen-bond acceptors (Lipinski definition) is 2. The van der Waals surface area contributed by atoms with Gasteiger partial charge in [-0.3, -0.25) is 0 Å². The summed E-state index contributed by atoms with van der Waals surface area (Å²) < 4.78 is 0. The number of hydrogen-bond donors (Lipinski definition) is 1. The molecule has 0 nitrogen and oxygen atoms in total. The van der Waals surface area contributed by atoms with E-state index in [9.17, 15) is 0 Å². The molecule has 0 spiro atoms. The topological polar surface area (TPSA) is 0 Å². The molecule has 11 heavy (non-hydrogen) atoms. The molecule has 0 aromatic rings. The first kappa shape index (κ1) is 9.01. The maximum atomic E-state index is 4.13. The Morgan fingerprint density at radius 3 is 3.00 bits per heavy atom. The Kier molecular flexibility index (Phi) is 3.87. The highest BCUT2D eigenvalue weighted by molar-refractivity contribution is 8.70. The van der Waals surface area contributed by atoms with Gasteiger partial charge in [0.2, 0.25) is 0 Å². The summed E-state index contributed by atoms with van der Waals surface area (Å²) in [4.78, 5) is 1.21. The van der Waals surface area contributed by atoms with E-state index in [1.165, 1.54) is 22.1 Å². The van der Waals surface area contributed by atoms with E-state index in [-0.39, 0.29) is 0 Å². The summed E-state index contributed by atoms with van der Waals surface area (Å²) in [6, 6.07) is 0. The van der Waals surface area contributed by atoms with E-state index in [1.54, 1.807) is 0 Å². The summed E-state index contributed by atoms with van der Waals surface area (Å²) in [6.07, 6.45) is 11.9. The molecule has 0 saturated heterocycles. The zero-order chi connectivity index (χ0) is 8.10. The Balaban J connectivity index is 2.66. The third kappa shape index (κ3) is 2.80. The second-order valence-corrected chi connectivity index (χ2v) is 3.68. The van der Waals surface area contributed by atoms with Gasteiger partial charge >= 0.3 is 0 Å². The minimum atomic E-state index is 0.601. The second kappa shape index (κ2) is 4.73. The predicted molar refractivity (Wildman–Crippen MR) is 56.7 cm³/mol. The van der Waals surface area contributed by atoms with E-state index in [0.717, 1.165) is 0 Å². The lowest BCUT2D eigenvalue weighted by Gasteiger charge is -1.99. The molecule has 0 aromatic heterocycles. The summed E-state index contributed by atoms with van der Waals surface area (Å²) in [5, 5.41) is 0. The molecule has 0 saturated carbocycles. The van der Waals surface area contributed by atoms with Crippen LogP contribution >= 0.6 is 22.5 Å². The lowest BCUT2D eigenvalue weighted by Crippen LogP contribution is -1.85. The summed E-state index contributed by atoms with van der Waals surface area (Å²) in [6.45, 7) is 2.19. The molecular formula is C9H12S2. The molecule has 1 unspecified atom stereocenters. The molecule has 0 N–H and O–H groups in total. The zero-order valence-electron chi connectivity index (χ0n) is 6.53. The van der Waals surface area contributed by atoms with E-state index in [4.69, 9.17) is 0 Å². The average Bonchev–Trinajstić information content (AvgIpc) is 2.28. The van der Waals surface area contributed by atoms with Crippen molar-refractivity contribution in [1.29, 1.82) is 0 Å². The third-order valence-corrected chi connectivity index (χ3v) is 2.82. The quantitative estimate of drug-likeness (QED) is 0.505. The van der Waals surface area contributed by atoms with Gasteiger partial charge < -0.3 is 0 Å². The molecule has 0 amide bonds. The van der Waals surface area contributed by atoms with Crippen molar-refractivity contribution in [2.24, 2.45) is 5.92 Å². The second-order valence-electron chi connectivity index (χ2n) is 2.48. The van der Waals surface area contributed by atoms with Gasteiger partial charge in [0.25, 0.3) is 0 Å². The van der Waals surface area contributed by atoms with Crippen molar-refractivity contribution in [3.8, 4) is 0 Å². The normalized spacial score (nSPS) is 23.1. The van der Waals surface area contributed by atoms with Crippen LogP contribution in [0.15, 0.2) is 35.3 Å². The van der Waals surface area contributed by atoms with Crippen molar-refractivity contribution in [3.63, 3.8) is 0 Å². The predicted octanol–water partition coefficient (Wildman–Crippen LogP) is 3.60. The molecule has 1 rings (SSSR count). The minimum Gasteiger partial charge on any atom is -0.106 e.